The Morgan fingerprint density at radius 1 is 1.45 bits per heavy atom. The molecule has 1 fully saturated rings. The van der Waals surface area contributed by atoms with Crippen LogP contribution in [0.25, 0.3) is 0 Å². The lowest BCUT2D eigenvalue weighted by atomic mass is 9.75. The van der Waals surface area contributed by atoms with Crippen LogP contribution < -0.4 is 5.73 Å². The van der Waals surface area contributed by atoms with E-state index in [2.05, 4.69) is 6.92 Å². The second-order valence-corrected chi connectivity index (χ2v) is 6.92. The summed E-state index contributed by atoms with van der Waals surface area (Å²) in [4.78, 5) is 13.6. The second-order valence-electron chi connectivity index (χ2n) is 6.92. The van der Waals surface area contributed by atoms with Crippen LogP contribution in [0, 0.1) is 12.3 Å². The topological polar surface area (TPSA) is 68.7 Å². The smallest absolute Gasteiger partial charge is 0.410 e. The van der Waals surface area contributed by atoms with Gasteiger partial charge in [0.2, 0.25) is 0 Å². The third kappa shape index (κ3) is 2.98. The van der Waals surface area contributed by atoms with Crippen LogP contribution in [0.3, 0.4) is 0 Å². The standard InChI is InChI=1S/C15H24N2O3/c1-10-6-7-11(19-10)12(16)15(5)8-17(9-15)13(18)20-14(2,3)4/h6-7,12H,8-9,16H2,1-5H3. The number of aryl methyl sites for hydroxylation is 1. The van der Waals surface area contributed by atoms with Crippen molar-refractivity contribution in [2.45, 2.75) is 46.3 Å². The highest BCUT2D eigenvalue weighted by Gasteiger charge is 2.48. The van der Waals surface area contributed by atoms with E-state index in [9.17, 15) is 4.79 Å². The van der Waals surface area contributed by atoms with E-state index in [1.54, 1.807) is 4.90 Å². The molecule has 0 aliphatic carbocycles. The van der Waals surface area contributed by atoms with E-state index in [4.69, 9.17) is 14.9 Å². The van der Waals surface area contributed by atoms with Crippen LogP contribution in [0.15, 0.2) is 16.5 Å². The molecule has 1 aromatic rings. The van der Waals surface area contributed by atoms with Gasteiger partial charge in [0.1, 0.15) is 17.1 Å². The van der Waals surface area contributed by atoms with Crippen LogP contribution in [0.1, 0.15) is 45.3 Å². The molecule has 1 aliphatic rings. The zero-order chi connectivity index (χ0) is 15.1. The van der Waals surface area contributed by atoms with E-state index in [1.165, 1.54) is 0 Å². The average Bonchev–Trinajstić information content (AvgIpc) is 2.68. The number of rotatable bonds is 2. The van der Waals surface area contributed by atoms with Crippen molar-refractivity contribution in [3.05, 3.63) is 23.7 Å². The van der Waals surface area contributed by atoms with Crippen LogP contribution in [-0.2, 0) is 4.74 Å². The van der Waals surface area contributed by atoms with Crippen molar-refractivity contribution in [3.8, 4) is 0 Å². The third-order valence-electron chi connectivity index (χ3n) is 3.57. The Bertz CT molecular complexity index is 495. The summed E-state index contributed by atoms with van der Waals surface area (Å²) in [5, 5.41) is 0. The zero-order valence-electron chi connectivity index (χ0n) is 12.9. The molecule has 0 aromatic carbocycles. The van der Waals surface area contributed by atoms with Crippen molar-refractivity contribution >= 4 is 6.09 Å². The highest BCUT2D eigenvalue weighted by molar-refractivity contribution is 5.69. The Balaban J connectivity index is 1.95. The molecule has 1 unspecified atom stereocenters. The normalized spacial score (nSPS) is 19.4. The van der Waals surface area contributed by atoms with Crippen LogP contribution >= 0.6 is 0 Å². The van der Waals surface area contributed by atoms with E-state index in [-0.39, 0.29) is 17.6 Å². The SMILES string of the molecule is Cc1ccc(C(N)C2(C)CN(C(=O)OC(C)(C)C)C2)o1. The number of likely N-dealkylation sites (tertiary alicyclic amines) is 1. The van der Waals surface area contributed by atoms with E-state index >= 15 is 0 Å². The average molecular weight is 280 g/mol. The number of nitrogens with two attached hydrogens (primary N) is 1. The maximum atomic E-state index is 11.9. The molecular weight excluding hydrogens is 256 g/mol. The molecule has 0 bridgehead atoms. The minimum atomic E-state index is -0.469. The minimum Gasteiger partial charge on any atom is -0.465 e. The summed E-state index contributed by atoms with van der Waals surface area (Å²) in [5.74, 6) is 1.62. The molecule has 1 aliphatic heterocycles. The molecule has 20 heavy (non-hydrogen) atoms. The molecule has 0 spiro atoms. The molecule has 0 radical (unpaired) electrons. The molecule has 1 aromatic heterocycles. The first-order valence-electron chi connectivity index (χ1n) is 6.91. The largest absolute Gasteiger partial charge is 0.465 e. The van der Waals surface area contributed by atoms with Gasteiger partial charge in [-0.05, 0) is 39.8 Å². The molecule has 1 amide bonds. The highest BCUT2D eigenvalue weighted by Crippen LogP contribution is 2.41. The fourth-order valence-electron chi connectivity index (χ4n) is 2.44. The number of ether oxygens (including phenoxy) is 1. The van der Waals surface area contributed by atoms with Crippen molar-refractivity contribution in [1.29, 1.82) is 0 Å². The summed E-state index contributed by atoms with van der Waals surface area (Å²) < 4.78 is 10.9. The lowest BCUT2D eigenvalue weighted by molar-refractivity contribution is -0.0395. The number of hydrogen-bond acceptors (Lipinski definition) is 4. The van der Waals surface area contributed by atoms with Crippen LogP contribution in [0.5, 0.6) is 0 Å². The van der Waals surface area contributed by atoms with Crippen molar-refractivity contribution in [1.82, 2.24) is 4.90 Å². The van der Waals surface area contributed by atoms with E-state index in [0.717, 1.165) is 11.5 Å². The van der Waals surface area contributed by atoms with Gasteiger partial charge in [-0.3, -0.25) is 0 Å². The molecule has 2 N–H and O–H groups in total. The van der Waals surface area contributed by atoms with Crippen LogP contribution in [-0.4, -0.2) is 29.7 Å². The maximum absolute atomic E-state index is 11.9. The summed E-state index contributed by atoms with van der Waals surface area (Å²) in [6.07, 6.45) is -0.280. The number of carbonyl (C=O) groups excluding carboxylic acids is 1. The Hall–Kier alpha value is -1.49. The van der Waals surface area contributed by atoms with Gasteiger partial charge in [0.25, 0.3) is 0 Å². The van der Waals surface area contributed by atoms with Gasteiger partial charge >= 0.3 is 6.09 Å². The molecule has 5 nitrogen and oxygen atoms in total. The van der Waals surface area contributed by atoms with Gasteiger partial charge in [0.15, 0.2) is 0 Å². The lowest BCUT2D eigenvalue weighted by Gasteiger charge is -2.50. The quantitative estimate of drug-likeness (QED) is 0.904. The van der Waals surface area contributed by atoms with E-state index in [0.29, 0.717) is 13.1 Å². The summed E-state index contributed by atoms with van der Waals surface area (Å²) in [5.41, 5.74) is 5.63. The van der Waals surface area contributed by atoms with Crippen molar-refractivity contribution in [2.24, 2.45) is 11.1 Å². The van der Waals surface area contributed by atoms with Gasteiger partial charge in [-0.25, -0.2) is 4.79 Å². The number of hydrogen-bond donors (Lipinski definition) is 1. The van der Waals surface area contributed by atoms with E-state index < -0.39 is 5.60 Å². The van der Waals surface area contributed by atoms with Gasteiger partial charge in [-0.1, -0.05) is 6.92 Å². The molecule has 1 saturated heterocycles. The first-order chi connectivity index (χ1) is 9.11. The van der Waals surface area contributed by atoms with Crippen LogP contribution in [0.4, 0.5) is 4.79 Å². The maximum Gasteiger partial charge on any atom is 0.410 e. The summed E-state index contributed by atoms with van der Waals surface area (Å²) >= 11 is 0. The van der Waals surface area contributed by atoms with Crippen molar-refractivity contribution < 1.29 is 13.9 Å². The van der Waals surface area contributed by atoms with Gasteiger partial charge in [-0.2, -0.15) is 0 Å². The zero-order valence-corrected chi connectivity index (χ0v) is 12.9. The molecule has 2 heterocycles. The molecule has 1 atom stereocenters. The van der Waals surface area contributed by atoms with Gasteiger partial charge in [0, 0.05) is 18.5 Å². The van der Waals surface area contributed by atoms with Gasteiger partial charge in [-0.15, -0.1) is 0 Å². The van der Waals surface area contributed by atoms with Crippen molar-refractivity contribution in [3.63, 3.8) is 0 Å². The Morgan fingerprint density at radius 2 is 2.05 bits per heavy atom. The third-order valence-corrected chi connectivity index (χ3v) is 3.57. The fraction of sp³-hybridized carbons (Fsp3) is 0.667. The van der Waals surface area contributed by atoms with E-state index in [1.807, 2.05) is 39.8 Å². The summed E-state index contributed by atoms with van der Waals surface area (Å²) in [6, 6.07) is 3.60. The monoisotopic (exact) mass is 280 g/mol. The molecule has 112 valence electrons. The lowest BCUT2D eigenvalue weighted by Crippen LogP contribution is -2.61. The number of furan rings is 1. The molecular formula is C15H24N2O3. The number of nitrogens with zero attached hydrogens (tertiary/aromatic N) is 1. The Morgan fingerprint density at radius 3 is 2.50 bits per heavy atom. The first-order valence-corrected chi connectivity index (χ1v) is 6.91. The second kappa shape index (κ2) is 4.81. The molecule has 0 saturated carbocycles. The van der Waals surface area contributed by atoms with Crippen molar-refractivity contribution in [2.75, 3.05) is 13.1 Å². The Kier molecular flexibility index (Phi) is 3.58. The summed E-state index contributed by atoms with van der Waals surface area (Å²) in [6.45, 7) is 10.7. The van der Waals surface area contributed by atoms with Gasteiger partial charge in [0.05, 0.1) is 6.04 Å². The minimum absolute atomic E-state index is 0.165. The number of amides is 1. The molecule has 5 heteroatoms. The predicted octanol–water partition coefficient (Wildman–Crippen LogP) is 2.84. The van der Waals surface area contributed by atoms with Crippen LogP contribution in [0.2, 0.25) is 0 Å². The summed E-state index contributed by atoms with van der Waals surface area (Å²) in [7, 11) is 0. The molecule has 2 rings (SSSR count). The number of carbonyl (C=O) groups is 1. The first kappa shape index (κ1) is 14.9. The fourth-order valence-corrected chi connectivity index (χ4v) is 2.44. The van der Waals surface area contributed by atoms with Gasteiger partial charge < -0.3 is 19.8 Å². The Labute approximate surface area is 120 Å². The predicted molar refractivity (Wildman–Crippen MR) is 76.3 cm³/mol. The highest BCUT2D eigenvalue weighted by atomic mass is 16.6.